The van der Waals surface area contributed by atoms with Crippen molar-refractivity contribution < 1.29 is 8.60 Å². The van der Waals surface area contributed by atoms with Crippen LogP contribution in [0.2, 0.25) is 0 Å². The Morgan fingerprint density at radius 1 is 1.44 bits per heavy atom. The molecule has 1 atom stereocenters. The SMILES string of the molecule is CC(C)(C)S(=O)/N=C/c1cccc(F)c1Br. The Balaban J connectivity index is 2.94. The summed E-state index contributed by atoms with van der Waals surface area (Å²) in [6.07, 6.45) is 1.43. The van der Waals surface area contributed by atoms with E-state index in [1.807, 2.05) is 20.8 Å². The molecule has 1 rings (SSSR count). The fourth-order valence-corrected chi connectivity index (χ4v) is 1.78. The molecule has 0 fully saturated rings. The molecule has 0 bridgehead atoms. The Morgan fingerprint density at radius 2 is 2.06 bits per heavy atom. The topological polar surface area (TPSA) is 29.4 Å². The van der Waals surface area contributed by atoms with E-state index in [-0.39, 0.29) is 5.82 Å². The molecule has 88 valence electrons. The summed E-state index contributed by atoms with van der Waals surface area (Å²) in [5.74, 6) is -0.356. The summed E-state index contributed by atoms with van der Waals surface area (Å²) in [5, 5.41) is 0. The van der Waals surface area contributed by atoms with E-state index in [1.54, 1.807) is 12.1 Å². The fourth-order valence-electron chi connectivity index (χ4n) is 0.883. The van der Waals surface area contributed by atoms with Crippen molar-refractivity contribution >= 4 is 33.1 Å². The third-order valence-corrected chi connectivity index (χ3v) is 3.97. The molecule has 16 heavy (non-hydrogen) atoms. The first kappa shape index (κ1) is 13.5. The van der Waals surface area contributed by atoms with Gasteiger partial charge in [0.25, 0.3) is 0 Å². The zero-order chi connectivity index (χ0) is 12.3. The molecule has 0 amide bonds. The minimum absolute atomic E-state index is 0.338. The molecule has 1 aromatic carbocycles. The number of hydrogen-bond donors (Lipinski definition) is 0. The van der Waals surface area contributed by atoms with Gasteiger partial charge in [0.05, 0.1) is 9.22 Å². The van der Waals surface area contributed by atoms with Gasteiger partial charge in [-0.3, -0.25) is 0 Å². The summed E-state index contributed by atoms with van der Waals surface area (Å²) < 4.78 is 28.6. The molecule has 1 unspecified atom stereocenters. The first-order valence-corrected chi connectivity index (χ1v) is 6.62. The zero-order valence-electron chi connectivity index (χ0n) is 9.33. The van der Waals surface area contributed by atoms with Gasteiger partial charge in [-0.15, -0.1) is 0 Å². The Hall–Kier alpha value is -0.550. The molecule has 0 aliphatic heterocycles. The summed E-state index contributed by atoms with van der Waals surface area (Å²) in [6, 6.07) is 4.64. The second-order valence-electron chi connectivity index (χ2n) is 4.24. The smallest absolute Gasteiger partial charge is 0.144 e. The molecule has 0 radical (unpaired) electrons. The first-order chi connectivity index (χ1) is 7.32. The summed E-state index contributed by atoms with van der Waals surface area (Å²) in [7, 11) is -1.33. The van der Waals surface area contributed by atoms with Gasteiger partial charge in [-0.25, -0.2) is 8.60 Å². The average Bonchev–Trinajstić information content (AvgIpc) is 2.18. The van der Waals surface area contributed by atoms with Crippen molar-refractivity contribution in [3.05, 3.63) is 34.1 Å². The van der Waals surface area contributed by atoms with Crippen LogP contribution in [-0.2, 0) is 11.0 Å². The molecular formula is C11H13BrFNOS. The number of nitrogens with zero attached hydrogens (tertiary/aromatic N) is 1. The zero-order valence-corrected chi connectivity index (χ0v) is 11.7. The molecule has 0 heterocycles. The largest absolute Gasteiger partial charge is 0.234 e. The summed E-state index contributed by atoms with van der Waals surface area (Å²) in [5.41, 5.74) is 0.581. The van der Waals surface area contributed by atoms with Crippen LogP contribution in [0.3, 0.4) is 0 Å². The van der Waals surface area contributed by atoms with Crippen molar-refractivity contribution in [2.75, 3.05) is 0 Å². The van der Waals surface area contributed by atoms with Gasteiger partial charge in [0.2, 0.25) is 0 Å². The quantitative estimate of drug-likeness (QED) is 0.769. The van der Waals surface area contributed by atoms with E-state index in [2.05, 4.69) is 20.3 Å². The van der Waals surface area contributed by atoms with E-state index >= 15 is 0 Å². The van der Waals surface area contributed by atoms with Crippen LogP contribution >= 0.6 is 15.9 Å². The highest BCUT2D eigenvalue weighted by Gasteiger charge is 2.18. The van der Waals surface area contributed by atoms with Crippen LogP contribution in [0, 0.1) is 5.82 Å². The highest BCUT2D eigenvalue weighted by Crippen LogP contribution is 2.19. The van der Waals surface area contributed by atoms with E-state index in [0.29, 0.717) is 10.0 Å². The number of hydrogen-bond acceptors (Lipinski definition) is 1. The van der Waals surface area contributed by atoms with E-state index in [1.165, 1.54) is 12.3 Å². The molecule has 0 aromatic heterocycles. The van der Waals surface area contributed by atoms with Crippen LogP contribution < -0.4 is 0 Å². The predicted molar refractivity (Wildman–Crippen MR) is 69.6 cm³/mol. The Bertz CT molecular complexity index is 440. The van der Waals surface area contributed by atoms with Gasteiger partial charge in [0, 0.05) is 11.8 Å². The van der Waals surface area contributed by atoms with Crippen molar-refractivity contribution in [3.8, 4) is 0 Å². The summed E-state index contributed by atoms with van der Waals surface area (Å²) in [6.45, 7) is 5.50. The molecule has 0 spiro atoms. The Kier molecular flexibility index (Phi) is 4.38. The predicted octanol–water partition coefficient (Wildman–Crippen LogP) is 3.47. The molecule has 2 nitrogen and oxygen atoms in total. The monoisotopic (exact) mass is 305 g/mol. The summed E-state index contributed by atoms with van der Waals surface area (Å²) >= 11 is 3.12. The van der Waals surface area contributed by atoms with Crippen LogP contribution in [0.1, 0.15) is 26.3 Å². The number of halogens is 2. The van der Waals surface area contributed by atoms with Crippen LogP contribution in [0.5, 0.6) is 0 Å². The minimum atomic E-state index is -1.33. The van der Waals surface area contributed by atoms with Crippen molar-refractivity contribution in [2.24, 2.45) is 4.40 Å². The van der Waals surface area contributed by atoms with Gasteiger partial charge in [-0.1, -0.05) is 12.1 Å². The molecule has 0 aliphatic carbocycles. The maximum Gasteiger partial charge on any atom is 0.144 e. The molecule has 0 N–H and O–H groups in total. The first-order valence-electron chi connectivity index (χ1n) is 4.72. The molecule has 0 saturated carbocycles. The van der Waals surface area contributed by atoms with E-state index < -0.39 is 15.7 Å². The van der Waals surface area contributed by atoms with E-state index in [9.17, 15) is 8.60 Å². The highest BCUT2D eigenvalue weighted by molar-refractivity contribution is 9.10. The minimum Gasteiger partial charge on any atom is -0.234 e. The van der Waals surface area contributed by atoms with Crippen LogP contribution in [0.25, 0.3) is 0 Å². The molecule has 1 aromatic rings. The lowest BCUT2D eigenvalue weighted by molar-refractivity contribution is 0.621. The number of rotatable bonds is 2. The lowest BCUT2D eigenvalue weighted by atomic mass is 10.2. The third kappa shape index (κ3) is 3.49. The van der Waals surface area contributed by atoms with Crippen LogP contribution in [0.4, 0.5) is 4.39 Å². The standard InChI is InChI=1S/C11H13BrFNOS/c1-11(2,3)16(15)14-7-8-5-4-6-9(13)10(8)12/h4-7H,1-3H3/b14-7+. The van der Waals surface area contributed by atoms with Crippen molar-refractivity contribution in [1.82, 2.24) is 0 Å². The number of benzene rings is 1. The van der Waals surface area contributed by atoms with Gasteiger partial charge >= 0.3 is 0 Å². The second kappa shape index (κ2) is 5.19. The molecule has 0 saturated heterocycles. The van der Waals surface area contributed by atoms with Crippen molar-refractivity contribution in [3.63, 3.8) is 0 Å². The van der Waals surface area contributed by atoms with Crippen molar-refractivity contribution in [1.29, 1.82) is 0 Å². The third-order valence-electron chi connectivity index (χ3n) is 1.79. The maximum absolute atomic E-state index is 13.2. The molecule has 5 heteroatoms. The van der Waals surface area contributed by atoms with Crippen LogP contribution in [-0.4, -0.2) is 15.2 Å². The second-order valence-corrected chi connectivity index (χ2v) is 6.97. The average molecular weight is 306 g/mol. The normalized spacial score (nSPS) is 14.3. The molecular weight excluding hydrogens is 293 g/mol. The Morgan fingerprint density at radius 3 is 2.62 bits per heavy atom. The maximum atomic E-state index is 13.2. The van der Waals surface area contributed by atoms with Gasteiger partial charge in [-0.05, 0) is 42.8 Å². The Labute approximate surface area is 106 Å². The van der Waals surface area contributed by atoms with E-state index in [4.69, 9.17) is 0 Å². The van der Waals surface area contributed by atoms with Gasteiger partial charge in [0.1, 0.15) is 16.8 Å². The highest BCUT2D eigenvalue weighted by atomic mass is 79.9. The summed E-state index contributed by atoms with van der Waals surface area (Å²) in [4.78, 5) is 0. The van der Waals surface area contributed by atoms with Crippen molar-refractivity contribution in [2.45, 2.75) is 25.5 Å². The van der Waals surface area contributed by atoms with Gasteiger partial charge in [0.15, 0.2) is 0 Å². The lowest BCUT2D eigenvalue weighted by Crippen LogP contribution is -2.19. The molecule has 0 aliphatic rings. The van der Waals surface area contributed by atoms with Gasteiger partial charge in [-0.2, -0.15) is 4.40 Å². The lowest BCUT2D eigenvalue weighted by Gasteiger charge is -2.12. The van der Waals surface area contributed by atoms with Crippen LogP contribution in [0.15, 0.2) is 27.1 Å². The fraction of sp³-hybridized carbons (Fsp3) is 0.364. The van der Waals surface area contributed by atoms with Gasteiger partial charge < -0.3 is 0 Å². The van der Waals surface area contributed by atoms with E-state index in [0.717, 1.165) is 0 Å².